The van der Waals surface area contributed by atoms with Crippen LogP contribution in [0.25, 0.3) is 0 Å². The maximum Gasteiger partial charge on any atom is 0.171 e. The monoisotopic (exact) mass is 534 g/mol. The Hall–Kier alpha value is -4.39. The van der Waals surface area contributed by atoms with Crippen molar-refractivity contribution < 1.29 is 9.30 Å². The molecule has 5 aromatic carbocycles. The van der Waals surface area contributed by atoms with Crippen LogP contribution in [0.4, 0.5) is 0 Å². The van der Waals surface area contributed by atoms with Gasteiger partial charge in [0, 0.05) is 38.9 Å². The Balaban J connectivity index is 1.46. The van der Waals surface area contributed by atoms with Crippen molar-refractivity contribution in [1.29, 1.82) is 0 Å². The van der Waals surface area contributed by atoms with E-state index in [1.807, 2.05) is 78.9 Å². The molecule has 0 amide bonds. The highest BCUT2D eigenvalue weighted by atomic mass is 31.2. The minimum Gasteiger partial charge on any atom is -0.457 e. The van der Waals surface area contributed by atoms with Crippen molar-refractivity contribution in [2.45, 2.75) is 11.3 Å². The maximum absolute atomic E-state index is 15.4. The first kappa shape index (κ1) is 23.5. The Morgan fingerprint density at radius 2 is 1.15 bits per heavy atom. The van der Waals surface area contributed by atoms with Gasteiger partial charge in [0.1, 0.15) is 11.5 Å². The van der Waals surface area contributed by atoms with E-state index in [0.717, 1.165) is 38.5 Å². The molecule has 0 saturated heterocycles. The number of fused-ring (bicyclic) bond motifs is 9. The van der Waals surface area contributed by atoms with Gasteiger partial charge in [-0.1, -0.05) is 127 Å². The topological polar surface area (TPSA) is 26.3 Å². The minimum absolute atomic E-state index is 0.168. The summed E-state index contributed by atoms with van der Waals surface area (Å²) in [6.45, 7) is 0. The lowest BCUT2D eigenvalue weighted by Gasteiger charge is -2.43. The third-order valence-corrected chi connectivity index (χ3v) is 12.0. The van der Waals surface area contributed by atoms with Crippen molar-refractivity contribution in [2.24, 2.45) is 5.92 Å². The molecular formula is C37H27O2P. The molecule has 5 aromatic rings. The zero-order chi connectivity index (χ0) is 26.7. The fourth-order valence-electron chi connectivity index (χ4n) is 7.27. The third-order valence-electron chi connectivity index (χ3n) is 8.90. The van der Waals surface area contributed by atoms with Crippen LogP contribution in [-0.4, -0.2) is 0 Å². The Labute approximate surface area is 234 Å². The van der Waals surface area contributed by atoms with Crippen molar-refractivity contribution >= 4 is 23.1 Å². The van der Waals surface area contributed by atoms with Crippen LogP contribution >= 0.6 is 7.14 Å². The van der Waals surface area contributed by atoms with Crippen molar-refractivity contribution in [3.05, 3.63) is 174 Å². The highest BCUT2D eigenvalue weighted by Crippen LogP contribution is 2.64. The van der Waals surface area contributed by atoms with Crippen LogP contribution in [-0.2, 0) is 9.98 Å². The van der Waals surface area contributed by atoms with Gasteiger partial charge in [-0.3, -0.25) is 0 Å². The van der Waals surface area contributed by atoms with Gasteiger partial charge in [0.05, 0.1) is 5.41 Å². The van der Waals surface area contributed by atoms with Crippen LogP contribution in [0, 0.1) is 5.92 Å². The molecule has 3 unspecified atom stereocenters. The van der Waals surface area contributed by atoms with E-state index in [1.165, 1.54) is 11.1 Å². The fraction of sp³-hybridized carbons (Fsp3) is 0.0811. The summed E-state index contributed by atoms with van der Waals surface area (Å²) in [6, 6.07) is 43.3. The molecule has 40 heavy (non-hydrogen) atoms. The summed E-state index contributed by atoms with van der Waals surface area (Å²) in [5.74, 6) is 2.13. The molecular weight excluding hydrogens is 507 g/mol. The van der Waals surface area contributed by atoms with Gasteiger partial charge in [0.2, 0.25) is 0 Å². The molecule has 3 aliphatic rings. The molecule has 1 spiro atoms. The second kappa shape index (κ2) is 8.81. The van der Waals surface area contributed by atoms with E-state index in [1.54, 1.807) is 0 Å². The van der Waals surface area contributed by atoms with E-state index in [4.69, 9.17) is 4.74 Å². The number of hydrogen-bond acceptors (Lipinski definition) is 2. The van der Waals surface area contributed by atoms with Crippen molar-refractivity contribution in [3.63, 3.8) is 0 Å². The normalized spacial score (nSPS) is 21.7. The van der Waals surface area contributed by atoms with Crippen LogP contribution in [0.2, 0.25) is 0 Å². The lowest BCUT2D eigenvalue weighted by Crippen LogP contribution is -2.38. The molecule has 3 atom stereocenters. The number of rotatable bonds is 3. The third kappa shape index (κ3) is 3.09. The first-order valence-corrected chi connectivity index (χ1v) is 15.5. The molecule has 0 radical (unpaired) electrons. The Morgan fingerprint density at radius 1 is 0.550 bits per heavy atom. The summed E-state index contributed by atoms with van der Waals surface area (Å²) in [5.41, 5.74) is 4.41. The number of benzene rings is 5. The fourth-order valence-corrected chi connectivity index (χ4v) is 9.95. The molecule has 0 fully saturated rings. The van der Waals surface area contributed by atoms with Gasteiger partial charge in [-0.2, -0.15) is 0 Å². The molecule has 0 bridgehead atoms. The largest absolute Gasteiger partial charge is 0.457 e. The number of hydrogen-bond donors (Lipinski definition) is 0. The SMILES string of the molecule is O=P(c1ccccc1)(c1ccccc1)c1ccc2c(c1)C1(c3ccccc3O2)c2ccccc2C2C=CC=CC21. The predicted molar refractivity (Wildman–Crippen MR) is 163 cm³/mol. The Morgan fingerprint density at radius 3 is 1.90 bits per heavy atom. The molecule has 0 aromatic heterocycles. The van der Waals surface area contributed by atoms with E-state index >= 15 is 4.57 Å². The van der Waals surface area contributed by atoms with Gasteiger partial charge in [0.15, 0.2) is 7.14 Å². The van der Waals surface area contributed by atoms with Gasteiger partial charge in [-0.05, 0) is 35.4 Å². The van der Waals surface area contributed by atoms with E-state index in [-0.39, 0.29) is 11.8 Å². The smallest absolute Gasteiger partial charge is 0.171 e. The van der Waals surface area contributed by atoms with Crippen LogP contribution < -0.4 is 20.7 Å². The van der Waals surface area contributed by atoms with E-state index < -0.39 is 12.6 Å². The summed E-state index contributed by atoms with van der Waals surface area (Å²) >= 11 is 0. The van der Waals surface area contributed by atoms with E-state index in [0.29, 0.717) is 0 Å². The quantitative estimate of drug-likeness (QED) is 0.223. The number of ether oxygens (including phenoxy) is 1. The van der Waals surface area contributed by atoms with Gasteiger partial charge in [-0.25, -0.2) is 0 Å². The van der Waals surface area contributed by atoms with Gasteiger partial charge in [-0.15, -0.1) is 0 Å². The van der Waals surface area contributed by atoms with Crippen LogP contribution in [0.5, 0.6) is 11.5 Å². The second-order valence-electron chi connectivity index (χ2n) is 10.8. The van der Waals surface area contributed by atoms with Crippen molar-refractivity contribution in [3.8, 4) is 11.5 Å². The summed E-state index contributed by atoms with van der Waals surface area (Å²) in [5, 5.41) is 2.48. The molecule has 1 aliphatic heterocycles. The first-order chi connectivity index (χ1) is 19.7. The van der Waals surface area contributed by atoms with Gasteiger partial charge in [0.25, 0.3) is 0 Å². The molecule has 0 saturated carbocycles. The molecule has 192 valence electrons. The highest BCUT2D eigenvalue weighted by Gasteiger charge is 2.56. The number of allylic oxidation sites excluding steroid dienone is 4. The van der Waals surface area contributed by atoms with Crippen LogP contribution in [0.1, 0.15) is 28.2 Å². The first-order valence-electron chi connectivity index (χ1n) is 13.8. The number of para-hydroxylation sites is 1. The summed E-state index contributed by atoms with van der Waals surface area (Å²) in [7, 11) is -3.17. The zero-order valence-corrected chi connectivity index (χ0v) is 22.7. The zero-order valence-electron chi connectivity index (χ0n) is 21.9. The molecule has 2 nitrogen and oxygen atoms in total. The van der Waals surface area contributed by atoms with Crippen molar-refractivity contribution in [1.82, 2.24) is 0 Å². The van der Waals surface area contributed by atoms with E-state index in [9.17, 15) is 0 Å². The van der Waals surface area contributed by atoms with Crippen LogP contribution in [0.3, 0.4) is 0 Å². The van der Waals surface area contributed by atoms with E-state index in [2.05, 4.69) is 72.8 Å². The maximum atomic E-state index is 15.4. The highest BCUT2D eigenvalue weighted by molar-refractivity contribution is 7.85. The average Bonchev–Trinajstić information content (AvgIpc) is 3.32. The van der Waals surface area contributed by atoms with Gasteiger partial charge < -0.3 is 9.30 Å². The molecule has 3 heteroatoms. The van der Waals surface area contributed by atoms with Crippen LogP contribution in [0.15, 0.2) is 152 Å². The lowest BCUT2D eigenvalue weighted by molar-refractivity contribution is 0.374. The summed E-state index contributed by atoms with van der Waals surface area (Å²) in [6.07, 6.45) is 9.03. The summed E-state index contributed by atoms with van der Waals surface area (Å²) < 4.78 is 22.0. The lowest BCUT2D eigenvalue weighted by atomic mass is 9.62. The van der Waals surface area contributed by atoms with Gasteiger partial charge >= 0.3 is 0 Å². The second-order valence-corrected chi connectivity index (χ2v) is 13.5. The summed E-state index contributed by atoms with van der Waals surface area (Å²) in [4.78, 5) is 0. The molecule has 8 rings (SSSR count). The standard InChI is InChI=1S/C37H27O2P/c38-40(26-13-3-1-4-14-26,27-15-5-2-6-16-27)28-23-24-36-34(25-28)37(33-21-11-12-22-35(33)39-36)31-19-9-7-17-29(31)30-18-8-10-20-32(30)37/h1-25,29,31H. The molecule has 1 heterocycles. The Bertz CT molecular complexity index is 1830. The van der Waals surface area contributed by atoms with Crippen molar-refractivity contribution in [2.75, 3.05) is 0 Å². The predicted octanol–water partition coefficient (Wildman–Crippen LogP) is 7.61. The molecule has 0 N–H and O–H groups in total. The minimum atomic E-state index is -3.17. The Kier molecular flexibility index (Phi) is 5.18. The average molecular weight is 535 g/mol. The molecule has 2 aliphatic carbocycles.